The molecule has 18 heavy (non-hydrogen) atoms. The van der Waals surface area contributed by atoms with Gasteiger partial charge in [0, 0.05) is 19.5 Å². The van der Waals surface area contributed by atoms with Crippen LogP contribution in [0.1, 0.15) is 24.5 Å². The lowest BCUT2D eigenvalue weighted by atomic mass is 10.1. The molecule has 0 atom stereocenters. The van der Waals surface area contributed by atoms with Crippen LogP contribution in [-0.4, -0.2) is 25.7 Å². The number of rotatable bonds is 5. The van der Waals surface area contributed by atoms with Gasteiger partial charge in [-0.25, -0.2) is 4.79 Å². The van der Waals surface area contributed by atoms with E-state index in [4.69, 9.17) is 4.74 Å². The molecule has 0 saturated carbocycles. The highest BCUT2D eigenvalue weighted by Gasteiger charge is 2.11. The smallest absolute Gasteiger partial charge is 0.314 e. The lowest BCUT2D eigenvalue weighted by molar-refractivity contribution is 0.241. The maximum absolute atomic E-state index is 11.3. The first-order chi connectivity index (χ1) is 8.79. The zero-order chi connectivity index (χ0) is 12.8. The second kappa shape index (κ2) is 6.28. The van der Waals surface area contributed by atoms with E-state index in [1.165, 1.54) is 11.1 Å². The van der Waals surface area contributed by atoms with Gasteiger partial charge in [-0.1, -0.05) is 19.1 Å². The fraction of sp³-hybridized carbons (Fsp3) is 0.500. The number of hydrogen-bond acceptors (Lipinski definition) is 2. The highest BCUT2D eigenvalue weighted by Crippen LogP contribution is 2.25. The van der Waals surface area contributed by atoms with Crippen LogP contribution in [0.2, 0.25) is 0 Å². The van der Waals surface area contributed by atoms with Crippen molar-refractivity contribution in [2.24, 2.45) is 0 Å². The highest BCUT2D eigenvalue weighted by molar-refractivity contribution is 5.73. The second-order valence-corrected chi connectivity index (χ2v) is 4.47. The third-order valence-electron chi connectivity index (χ3n) is 2.99. The molecule has 1 aromatic rings. The van der Waals surface area contributed by atoms with Crippen LogP contribution in [0.4, 0.5) is 4.79 Å². The first-order valence-electron chi connectivity index (χ1n) is 6.56. The molecule has 0 saturated heterocycles. The first kappa shape index (κ1) is 12.7. The molecule has 4 nitrogen and oxygen atoms in total. The monoisotopic (exact) mass is 248 g/mol. The van der Waals surface area contributed by atoms with Gasteiger partial charge in [-0.15, -0.1) is 0 Å². The average Bonchev–Trinajstić information content (AvgIpc) is 2.83. The Morgan fingerprint density at radius 1 is 1.33 bits per heavy atom. The van der Waals surface area contributed by atoms with Gasteiger partial charge in [-0.3, -0.25) is 0 Å². The summed E-state index contributed by atoms with van der Waals surface area (Å²) in [5, 5.41) is 5.64. The molecule has 1 aromatic carbocycles. The van der Waals surface area contributed by atoms with Crippen molar-refractivity contribution in [2.75, 3.05) is 19.7 Å². The highest BCUT2D eigenvalue weighted by atomic mass is 16.5. The fourth-order valence-corrected chi connectivity index (χ4v) is 2.02. The van der Waals surface area contributed by atoms with Gasteiger partial charge in [-0.05, 0) is 30.0 Å². The summed E-state index contributed by atoms with van der Waals surface area (Å²) >= 11 is 0. The van der Waals surface area contributed by atoms with Crippen molar-refractivity contribution < 1.29 is 9.53 Å². The number of nitrogens with one attached hydrogen (secondary N) is 2. The first-order valence-corrected chi connectivity index (χ1v) is 6.56. The van der Waals surface area contributed by atoms with E-state index in [9.17, 15) is 4.79 Å². The Labute approximate surface area is 108 Å². The number of hydrogen-bond donors (Lipinski definition) is 2. The number of carbonyl (C=O) groups is 1. The molecule has 2 rings (SSSR count). The molecule has 0 aliphatic carbocycles. The Kier molecular flexibility index (Phi) is 4.45. The zero-order valence-electron chi connectivity index (χ0n) is 10.8. The summed E-state index contributed by atoms with van der Waals surface area (Å²) in [6.45, 7) is 4.21. The quantitative estimate of drug-likeness (QED) is 0.836. The summed E-state index contributed by atoms with van der Waals surface area (Å²) in [6, 6.07) is 6.18. The molecular formula is C14H20N2O2. The standard InChI is InChI=1S/C14H20N2O2/c1-2-7-15-14(17)16-8-5-11-3-4-13-12(10-11)6-9-18-13/h3-4,10H,2,5-9H2,1H3,(H2,15,16,17). The van der Waals surface area contributed by atoms with Gasteiger partial charge in [0.25, 0.3) is 0 Å². The number of fused-ring (bicyclic) bond motifs is 1. The Morgan fingerprint density at radius 2 is 2.17 bits per heavy atom. The van der Waals surface area contributed by atoms with Crippen LogP contribution in [0.5, 0.6) is 5.75 Å². The largest absolute Gasteiger partial charge is 0.493 e. The second-order valence-electron chi connectivity index (χ2n) is 4.47. The molecule has 1 aliphatic rings. The van der Waals surface area contributed by atoms with Crippen molar-refractivity contribution in [2.45, 2.75) is 26.2 Å². The Morgan fingerprint density at radius 3 is 3.00 bits per heavy atom. The van der Waals surface area contributed by atoms with Crippen LogP contribution in [0.15, 0.2) is 18.2 Å². The summed E-state index contributed by atoms with van der Waals surface area (Å²) in [5.41, 5.74) is 2.53. The van der Waals surface area contributed by atoms with Gasteiger partial charge >= 0.3 is 6.03 Å². The molecule has 2 amide bonds. The van der Waals surface area contributed by atoms with E-state index in [-0.39, 0.29) is 6.03 Å². The number of amides is 2. The molecule has 4 heteroatoms. The van der Waals surface area contributed by atoms with Crippen LogP contribution in [0.3, 0.4) is 0 Å². The van der Waals surface area contributed by atoms with Crippen molar-refractivity contribution >= 4 is 6.03 Å². The van der Waals surface area contributed by atoms with Gasteiger partial charge in [0.15, 0.2) is 0 Å². The SMILES string of the molecule is CCCNC(=O)NCCc1ccc2c(c1)CCO2. The zero-order valence-corrected chi connectivity index (χ0v) is 10.8. The summed E-state index contributed by atoms with van der Waals surface area (Å²) < 4.78 is 5.46. The van der Waals surface area contributed by atoms with Crippen LogP contribution >= 0.6 is 0 Å². The summed E-state index contributed by atoms with van der Waals surface area (Å²) in [4.78, 5) is 11.3. The normalized spacial score (nSPS) is 12.7. The van der Waals surface area contributed by atoms with Crippen LogP contribution < -0.4 is 15.4 Å². The van der Waals surface area contributed by atoms with Gasteiger partial charge < -0.3 is 15.4 Å². The molecule has 98 valence electrons. The lowest BCUT2D eigenvalue weighted by Gasteiger charge is -2.07. The molecule has 1 aliphatic heterocycles. The molecule has 0 bridgehead atoms. The predicted octanol–water partition coefficient (Wildman–Crippen LogP) is 1.87. The summed E-state index contributed by atoms with van der Waals surface area (Å²) in [5.74, 6) is 1.01. The fourth-order valence-electron chi connectivity index (χ4n) is 2.02. The van der Waals surface area contributed by atoms with Gasteiger partial charge in [0.2, 0.25) is 0 Å². The van der Waals surface area contributed by atoms with E-state index < -0.39 is 0 Å². The number of ether oxygens (including phenoxy) is 1. The number of carbonyl (C=O) groups excluding carboxylic acids is 1. The summed E-state index contributed by atoms with van der Waals surface area (Å²) in [6.07, 6.45) is 2.80. The van der Waals surface area contributed by atoms with Crippen molar-refractivity contribution in [3.63, 3.8) is 0 Å². The van der Waals surface area contributed by atoms with Crippen LogP contribution in [0.25, 0.3) is 0 Å². The molecule has 0 radical (unpaired) electrons. The van der Waals surface area contributed by atoms with Crippen LogP contribution in [-0.2, 0) is 12.8 Å². The van der Waals surface area contributed by atoms with E-state index in [1.807, 2.05) is 13.0 Å². The predicted molar refractivity (Wildman–Crippen MR) is 71.0 cm³/mol. The molecule has 2 N–H and O–H groups in total. The van der Waals surface area contributed by atoms with Crippen molar-refractivity contribution in [3.05, 3.63) is 29.3 Å². The molecule has 1 heterocycles. The minimum absolute atomic E-state index is 0.0821. The Hall–Kier alpha value is -1.71. The minimum atomic E-state index is -0.0821. The summed E-state index contributed by atoms with van der Waals surface area (Å²) in [7, 11) is 0. The number of benzene rings is 1. The maximum atomic E-state index is 11.3. The van der Waals surface area contributed by atoms with E-state index in [1.54, 1.807) is 0 Å². The lowest BCUT2D eigenvalue weighted by Crippen LogP contribution is -2.36. The molecular weight excluding hydrogens is 228 g/mol. The van der Waals surface area contributed by atoms with Gasteiger partial charge in [0.05, 0.1) is 6.61 Å². The van der Waals surface area contributed by atoms with Crippen LogP contribution in [0, 0.1) is 0 Å². The molecule has 0 unspecified atom stereocenters. The number of urea groups is 1. The van der Waals surface area contributed by atoms with Gasteiger partial charge in [-0.2, -0.15) is 0 Å². The van der Waals surface area contributed by atoms with Crippen molar-refractivity contribution in [3.8, 4) is 5.75 Å². The molecule has 0 fully saturated rings. The Balaban J connectivity index is 1.75. The minimum Gasteiger partial charge on any atom is -0.493 e. The Bertz CT molecular complexity index is 418. The molecule has 0 aromatic heterocycles. The average molecular weight is 248 g/mol. The van der Waals surface area contributed by atoms with Crippen molar-refractivity contribution in [1.82, 2.24) is 10.6 Å². The third-order valence-corrected chi connectivity index (χ3v) is 2.99. The van der Waals surface area contributed by atoms with Crippen molar-refractivity contribution in [1.29, 1.82) is 0 Å². The maximum Gasteiger partial charge on any atom is 0.314 e. The molecule has 0 spiro atoms. The van der Waals surface area contributed by atoms with E-state index in [0.717, 1.165) is 38.2 Å². The topological polar surface area (TPSA) is 50.4 Å². The van der Waals surface area contributed by atoms with Gasteiger partial charge in [0.1, 0.15) is 5.75 Å². The third kappa shape index (κ3) is 3.39. The van der Waals surface area contributed by atoms with E-state index >= 15 is 0 Å². The van der Waals surface area contributed by atoms with E-state index in [2.05, 4.69) is 22.8 Å². The van der Waals surface area contributed by atoms with E-state index in [0.29, 0.717) is 6.54 Å².